The van der Waals surface area contributed by atoms with Gasteiger partial charge >= 0.3 is 6.03 Å². The largest absolute Gasteiger partial charge is 0.493 e. The van der Waals surface area contributed by atoms with Crippen LogP contribution in [0.25, 0.3) is 0 Å². The standard InChI is InChI=1S/C22H23N3O3/c1-27-19-11-10-16(15-20(19)28-2)21-18-9-6-12-24(18)13-14-25(21)22(26)23-17-7-4-3-5-8-17/h3-12,15,21H,13-14H2,1-2H3,(H,23,26). The molecule has 3 aromatic rings. The molecule has 2 amide bonds. The average molecular weight is 377 g/mol. The van der Waals surface area contributed by atoms with Crippen molar-refractivity contribution in [2.75, 3.05) is 26.1 Å². The molecule has 0 radical (unpaired) electrons. The van der Waals surface area contributed by atoms with Gasteiger partial charge in [0.05, 0.1) is 20.3 Å². The van der Waals surface area contributed by atoms with Crippen molar-refractivity contribution in [3.05, 3.63) is 78.1 Å². The first-order valence-corrected chi connectivity index (χ1v) is 9.21. The predicted molar refractivity (Wildman–Crippen MR) is 108 cm³/mol. The van der Waals surface area contributed by atoms with Gasteiger partial charge in [0.1, 0.15) is 0 Å². The number of carbonyl (C=O) groups excluding carboxylic acids is 1. The Kier molecular flexibility index (Phi) is 4.93. The lowest BCUT2D eigenvalue weighted by molar-refractivity contribution is 0.181. The second kappa shape index (κ2) is 7.68. The molecule has 1 N–H and O–H groups in total. The Labute approximate surface area is 164 Å². The summed E-state index contributed by atoms with van der Waals surface area (Å²) in [5.41, 5.74) is 2.82. The number of amides is 2. The van der Waals surface area contributed by atoms with Crippen LogP contribution in [0.15, 0.2) is 66.9 Å². The molecule has 2 heterocycles. The molecule has 0 saturated carbocycles. The normalized spacial score (nSPS) is 15.6. The van der Waals surface area contributed by atoms with Gasteiger partial charge in [0.15, 0.2) is 11.5 Å². The van der Waals surface area contributed by atoms with Gasteiger partial charge in [-0.15, -0.1) is 0 Å². The lowest BCUT2D eigenvalue weighted by atomic mass is 9.99. The van der Waals surface area contributed by atoms with E-state index in [0.29, 0.717) is 18.0 Å². The van der Waals surface area contributed by atoms with Crippen LogP contribution in [-0.2, 0) is 6.54 Å². The van der Waals surface area contributed by atoms with Crippen molar-refractivity contribution in [1.82, 2.24) is 9.47 Å². The molecule has 2 aromatic carbocycles. The van der Waals surface area contributed by atoms with E-state index < -0.39 is 0 Å². The van der Waals surface area contributed by atoms with Crippen molar-refractivity contribution in [3.8, 4) is 11.5 Å². The Morgan fingerprint density at radius 1 is 0.964 bits per heavy atom. The molecule has 1 aromatic heterocycles. The predicted octanol–water partition coefficient (Wildman–Crippen LogP) is 4.14. The van der Waals surface area contributed by atoms with Gasteiger partial charge in [0.25, 0.3) is 0 Å². The number of ether oxygens (including phenoxy) is 2. The van der Waals surface area contributed by atoms with E-state index in [9.17, 15) is 4.79 Å². The van der Waals surface area contributed by atoms with Crippen LogP contribution in [0.4, 0.5) is 10.5 Å². The molecule has 0 saturated heterocycles. The molecule has 1 atom stereocenters. The second-order valence-corrected chi connectivity index (χ2v) is 6.63. The van der Waals surface area contributed by atoms with Gasteiger partial charge in [-0.1, -0.05) is 24.3 Å². The van der Waals surface area contributed by atoms with Crippen molar-refractivity contribution < 1.29 is 14.3 Å². The van der Waals surface area contributed by atoms with Crippen LogP contribution in [0.1, 0.15) is 17.3 Å². The van der Waals surface area contributed by atoms with E-state index in [2.05, 4.69) is 22.1 Å². The lowest BCUT2D eigenvalue weighted by Crippen LogP contribution is -2.44. The number of nitrogens with zero attached hydrogens (tertiary/aromatic N) is 2. The topological polar surface area (TPSA) is 55.7 Å². The van der Waals surface area contributed by atoms with Crippen LogP contribution >= 0.6 is 0 Å². The van der Waals surface area contributed by atoms with Crippen LogP contribution in [0.5, 0.6) is 11.5 Å². The van der Waals surface area contributed by atoms with Gasteiger partial charge in [-0.05, 0) is 42.0 Å². The molecular formula is C22H23N3O3. The minimum absolute atomic E-state index is 0.126. The minimum Gasteiger partial charge on any atom is -0.493 e. The Hall–Kier alpha value is -3.41. The minimum atomic E-state index is -0.215. The van der Waals surface area contributed by atoms with Crippen LogP contribution < -0.4 is 14.8 Å². The number of methoxy groups -OCH3 is 2. The van der Waals surface area contributed by atoms with E-state index in [-0.39, 0.29) is 12.1 Å². The zero-order valence-corrected chi connectivity index (χ0v) is 16.0. The van der Waals surface area contributed by atoms with Crippen molar-refractivity contribution in [2.24, 2.45) is 0 Å². The molecule has 144 valence electrons. The van der Waals surface area contributed by atoms with E-state index >= 15 is 0 Å². The number of hydrogen-bond donors (Lipinski definition) is 1. The van der Waals surface area contributed by atoms with Crippen molar-refractivity contribution in [2.45, 2.75) is 12.6 Å². The Morgan fingerprint density at radius 2 is 1.75 bits per heavy atom. The highest BCUT2D eigenvalue weighted by Crippen LogP contribution is 2.37. The Balaban J connectivity index is 1.71. The molecule has 0 fully saturated rings. The third-order valence-electron chi connectivity index (χ3n) is 5.05. The summed E-state index contributed by atoms with van der Waals surface area (Å²) in [6.07, 6.45) is 2.05. The van der Waals surface area contributed by atoms with Gasteiger partial charge in [-0.25, -0.2) is 4.79 Å². The Morgan fingerprint density at radius 3 is 2.50 bits per heavy atom. The maximum Gasteiger partial charge on any atom is 0.322 e. The van der Waals surface area contributed by atoms with Gasteiger partial charge in [0, 0.05) is 30.7 Å². The van der Waals surface area contributed by atoms with Crippen molar-refractivity contribution >= 4 is 11.7 Å². The molecule has 6 nitrogen and oxygen atoms in total. The number of nitrogens with one attached hydrogen (secondary N) is 1. The molecule has 0 spiro atoms. The first-order valence-electron chi connectivity index (χ1n) is 9.21. The number of para-hydroxylation sites is 1. The number of anilines is 1. The van der Waals surface area contributed by atoms with Crippen LogP contribution in [0.2, 0.25) is 0 Å². The summed E-state index contributed by atoms with van der Waals surface area (Å²) in [4.78, 5) is 15.0. The summed E-state index contributed by atoms with van der Waals surface area (Å²) < 4.78 is 13.0. The summed E-state index contributed by atoms with van der Waals surface area (Å²) in [7, 11) is 3.23. The highest BCUT2D eigenvalue weighted by Gasteiger charge is 2.32. The summed E-state index contributed by atoms with van der Waals surface area (Å²) in [5.74, 6) is 1.31. The zero-order chi connectivity index (χ0) is 19.5. The third kappa shape index (κ3) is 3.29. The fraction of sp³-hybridized carbons (Fsp3) is 0.227. The van der Waals surface area contributed by atoms with E-state index in [1.807, 2.05) is 59.5 Å². The number of hydrogen-bond acceptors (Lipinski definition) is 3. The van der Waals surface area contributed by atoms with E-state index in [4.69, 9.17) is 9.47 Å². The first kappa shape index (κ1) is 18.0. The van der Waals surface area contributed by atoms with Crippen molar-refractivity contribution in [1.29, 1.82) is 0 Å². The number of aromatic nitrogens is 1. The molecular weight excluding hydrogens is 354 g/mol. The smallest absolute Gasteiger partial charge is 0.322 e. The lowest BCUT2D eigenvalue weighted by Gasteiger charge is -2.37. The van der Waals surface area contributed by atoms with Crippen LogP contribution in [-0.4, -0.2) is 36.3 Å². The number of rotatable bonds is 4. The number of benzene rings is 2. The summed E-state index contributed by atoms with van der Waals surface area (Å²) >= 11 is 0. The first-order chi connectivity index (χ1) is 13.7. The molecule has 0 bridgehead atoms. The van der Waals surface area contributed by atoms with Crippen LogP contribution in [0.3, 0.4) is 0 Å². The van der Waals surface area contributed by atoms with E-state index in [1.54, 1.807) is 14.2 Å². The molecule has 28 heavy (non-hydrogen) atoms. The molecule has 4 rings (SSSR count). The number of fused-ring (bicyclic) bond motifs is 1. The van der Waals surface area contributed by atoms with E-state index in [0.717, 1.165) is 23.5 Å². The average Bonchev–Trinajstić information content (AvgIpc) is 3.22. The van der Waals surface area contributed by atoms with Gasteiger partial charge in [-0.3, -0.25) is 0 Å². The maximum atomic E-state index is 13.1. The zero-order valence-electron chi connectivity index (χ0n) is 16.0. The van der Waals surface area contributed by atoms with Gasteiger partial charge in [0.2, 0.25) is 0 Å². The van der Waals surface area contributed by atoms with Crippen LogP contribution in [0, 0.1) is 0 Å². The fourth-order valence-electron chi connectivity index (χ4n) is 3.69. The maximum absolute atomic E-state index is 13.1. The second-order valence-electron chi connectivity index (χ2n) is 6.63. The molecule has 0 aliphatic carbocycles. The summed E-state index contributed by atoms with van der Waals surface area (Å²) in [5, 5.41) is 3.01. The Bertz CT molecular complexity index is 968. The summed E-state index contributed by atoms with van der Waals surface area (Å²) in [6.45, 7) is 1.37. The third-order valence-corrected chi connectivity index (χ3v) is 5.05. The fourth-order valence-corrected chi connectivity index (χ4v) is 3.69. The molecule has 1 unspecified atom stereocenters. The highest BCUT2D eigenvalue weighted by molar-refractivity contribution is 5.90. The molecule has 1 aliphatic heterocycles. The number of urea groups is 1. The van der Waals surface area contributed by atoms with Crippen molar-refractivity contribution in [3.63, 3.8) is 0 Å². The molecule has 1 aliphatic rings. The van der Waals surface area contributed by atoms with Gasteiger partial charge in [-0.2, -0.15) is 0 Å². The quantitative estimate of drug-likeness (QED) is 0.743. The highest BCUT2D eigenvalue weighted by atomic mass is 16.5. The molecule has 6 heteroatoms. The van der Waals surface area contributed by atoms with Gasteiger partial charge < -0.3 is 24.3 Å². The van der Waals surface area contributed by atoms with E-state index in [1.165, 1.54) is 0 Å². The number of carbonyl (C=O) groups is 1. The SMILES string of the molecule is COc1ccc(C2c3cccn3CCN2C(=O)Nc2ccccc2)cc1OC. The summed E-state index contributed by atoms with van der Waals surface area (Å²) in [6, 6.07) is 19.0. The monoisotopic (exact) mass is 377 g/mol.